The first kappa shape index (κ1) is 19.2. The van der Waals surface area contributed by atoms with E-state index in [1.165, 1.54) is 0 Å². The van der Waals surface area contributed by atoms with Crippen LogP contribution in [0, 0.1) is 0 Å². The van der Waals surface area contributed by atoms with Crippen LogP contribution in [0.5, 0.6) is 0 Å². The summed E-state index contributed by atoms with van der Waals surface area (Å²) in [7, 11) is 1.72. The van der Waals surface area contributed by atoms with E-state index in [-0.39, 0.29) is 17.7 Å². The fourth-order valence-electron chi connectivity index (χ4n) is 1.52. The Morgan fingerprint density at radius 3 is 2.25 bits per heavy atom. The van der Waals surface area contributed by atoms with Crippen molar-refractivity contribution in [1.82, 2.24) is 10.2 Å². The van der Waals surface area contributed by atoms with E-state index in [0.29, 0.717) is 19.5 Å². The van der Waals surface area contributed by atoms with E-state index in [4.69, 9.17) is 4.74 Å². The molecule has 1 amide bonds. The highest BCUT2D eigenvalue weighted by molar-refractivity contribution is 5.67. The van der Waals surface area contributed by atoms with Gasteiger partial charge in [-0.3, -0.25) is 0 Å². The Hall–Kier alpha value is -0.810. The molecule has 0 fully saturated rings. The second kappa shape index (κ2) is 7.84. The molecule has 0 aromatic carbocycles. The highest BCUT2D eigenvalue weighted by Gasteiger charge is 2.19. The maximum atomic E-state index is 11.7. The molecule has 5 nitrogen and oxygen atoms in total. The highest BCUT2D eigenvalue weighted by Crippen LogP contribution is 2.10. The molecule has 5 heteroatoms. The van der Waals surface area contributed by atoms with Crippen LogP contribution >= 0.6 is 0 Å². The predicted octanol–water partition coefficient (Wildman–Crippen LogP) is 2.38. The van der Waals surface area contributed by atoms with Crippen LogP contribution in [0.3, 0.4) is 0 Å². The van der Waals surface area contributed by atoms with Gasteiger partial charge in [-0.25, -0.2) is 4.79 Å². The third kappa shape index (κ3) is 11.1. The Labute approximate surface area is 123 Å². The maximum absolute atomic E-state index is 11.7. The zero-order chi connectivity index (χ0) is 16.0. The summed E-state index contributed by atoms with van der Waals surface area (Å²) in [5, 5.41) is 13.1. The zero-order valence-electron chi connectivity index (χ0n) is 14.1. The quantitative estimate of drug-likeness (QED) is 0.788. The fraction of sp³-hybridized carbons (Fsp3) is 0.933. The molecule has 0 saturated heterocycles. The largest absolute Gasteiger partial charge is 0.444 e. The Bertz CT molecular complexity index is 292. The summed E-state index contributed by atoms with van der Waals surface area (Å²) >= 11 is 0. The summed E-state index contributed by atoms with van der Waals surface area (Å²) in [6.07, 6.45) is 0.708. The van der Waals surface area contributed by atoms with E-state index in [0.717, 1.165) is 6.42 Å². The number of aliphatic hydroxyl groups is 1. The van der Waals surface area contributed by atoms with Gasteiger partial charge in [0.25, 0.3) is 0 Å². The maximum Gasteiger partial charge on any atom is 0.410 e. The van der Waals surface area contributed by atoms with Crippen LogP contribution in [0.1, 0.15) is 54.4 Å². The number of nitrogens with one attached hydrogen (secondary N) is 1. The van der Waals surface area contributed by atoms with E-state index in [2.05, 4.69) is 26.1 Å². The summed E-state index contributed by atoms with van der Waals surface area (Å²) in [4.78, 5) is 13.3. The molecule has 0 aliphatic rings. The van der Waals surface area contributed by atoms with E-state index >= 15 is 0 Å². The number of ether oxygens (including phenoxy) is 1. The molecule has 0 aromatic heterocycles. The van der Waals surface area contributed by atoms with Gasteiger partial charge >= 0.3 is 6.09 Å². The average molecular weight is 288 g/mol. The third-order valence-electron chi connectivity index (χ3n) is 2.60. The molecule has 0 saturated carbocycles. The first-order valence-corrected chi connectivity index (χ1v) is 7.28. The Morgan fingerprint density at radius 2 is 1.80 bits per heavy atom. The molecule has 0 radical (unpaired) electrons. The number of hydrogen-bond donors (Lipinski definition) is 2. The minimum absolute atomic E-state index is 0.00822. The van der Waals surface area contributed by atoms with Gasteiger partial charge in [-0.05, 0) is 54.4 Å². The van der Waals surface area contributed by atoms with E-state index in [1.54, 1.807) is 11.9 Å². The second-order valence-corrected chi connectivity index (χ2v) is 7.33. The van der Waals surface area contributed by atoms with Gasteiger partial charge in [-0.2, -0.15) is 0 Å². The van der Waals surface area contributed by atoms with Crippen molar-refractivity contribution >= 4 is 6.09 Å². The van der Waals surface area contributed by atoms with Gasteiger partial charge in [0.2, 0.25) is 0 Å². The number of rotatable bonds is 6. The highest BCUT2D eigenvalue weighted by atomic mass is 16.6. The molecule has 0 bridgehead atoms. The van der Waals surface area contributed by atoms with Gasteiger partial charge in [0.15, 0.2) is 0 Å². The normalized spacial score (nSPS) is 14.0. The van der Waals surface area contributed by atoms with Crippen molar-refractivity contribution in [3.8, 4) is 0 Å². The predicted molar refractivity (Wildman–Crippen MR) is 81.9 cm³/mol. The van der Waals surface area contributed by atoms with Crippen molar-refractivity contribution in [3.05, 3.63) is 0 Å². The van der Waals surface area contributed by atoms with Gasteiger partial charge < -0.3 is 20.1 Å². The van der Waals surface area contributed by atoms with E-state index in [1.807, 2.05) is 20.8 Å². The van der Waals surface area contributed by atoms with Crippen molar-refractivity contribution in [2.75, 3.05) is 20.1 Å². The minimum Gasteiger partial charge on any atom is -0.444 e. The van der Waals surface area contributed by atoms with Gasteiger partial charge in [0.05, 0.1) is 6.10 Å². The lowest BCUT2D eigenvalue weighted by molar-refractivity contribution is 0.0288. The van der Waals surface area contributed by atoms with Gasteiger partial charge in [-0.15, -0.1) is 0 Å². The lowest BCUT2D eigenvalue weighted by Gasteiger charge is -2.25. The molecular weight excluding hydrogens is 256 g/mol. The first-order valence-electron chi connectivity index (χ1n) is 7.28. The third-order valence-corrected chi connectivity index (χ3v) is 2.60. The number of amides is 1. The Morgan fingerprint density at radius 1 is 1.25 bits per heavy atom. The number of carbonyl (C=O) groups excluding carboxylic acids is 1. The minimum atomic E-state index is -0.471. The molecule has 2 N–H and O–H groups in total. The average Bonchev–Trinajstić information content (AvgIpc) is 2.22. The van der Waals surface area contributed by atoms with Gasteiger partial charge in [-0.1, -0.05) is 0 Å². The molecule has 0 spiro atoms. The molecule has 0 aliphatic heterocycles. The van der Waals surface area contributed by atoms with E-state index in [9.17, 15) is 9.90 Å². The van der Waals surface area contributed by atoms with Crippen molar-refractivity contribution in [2.45, 2.75) is 71.6 Å². The fourth-order valence-corrected chi connectivity index (χ4v) is 1.52. The second-order valence-electron chi connectivity index (χ2n) is 7.33. The van der Waals surface area contributed by atoms with Crippen LogP contribution in [0.2, 0.25) is 0 Å². The Balaban J connectivity index is 3.86. The van der Waals surface area contributed by atoms with Crippen LogP contribution in [0.25, 0.3) is 0 Å². The summed E-state index contributed by atoms with van der Waals surface area (Å²) in [5.74, 6) is 0. The number of nitrogens with zero attached hydrogens (tertiary/aromatic N) is 1. The molecule has 0 heterocycles. The number of carbonyl (C=O) groups is 1. The monoisotopic (exact) mass is 288 g/mol. The van der Waals surface area contributed by atoms with E-state index < -0.39 is 5.60 Å². The first-order chi connectivity index (χ1) is 8.91. The molecular formula is C15H32N2O3. The topological polar surface area (TPSA) is 61.8 Å². The summed E-state index contributed by atoms with van der Waals surface area (Å²) < 4.78 is 5.26. The van der Waals surface area contributed by atoms with Crippen LogP contribution in [0.4, 0.5) is 4.79 Å². The standard InChI is InChI=1S/C15H32N2O3/c1-14(2,3)16-11-12(18)9-8-10-17(7)13(19)20-15(4,5)6/h12,16,18H,8-11H2,1-7H3. The number of β-amino-alcohol motifs (C(OH)–C–C–N with tert-alkyl or cyclic N) is 1. The smallest absolute Gasteiger partial charge is 0.410 e. The van der Waals surface area contributed by atoms with Crippen molar-refractivity contribution in [2.24, 2.45) is 0 Å². The van der Waals surface area contributed by atoms with Crippen molar-refractivity contribution in [1.29, 1.82) is 0 Å². The van der Waals surface area contributed by atoms with Crippen LogP contribution in [-0.4, -0.2) is 53.5 Å². The molecule has 0 aliphatic carbocycles. The number of hydrogen-bond acceptors (Lipinski definition) is 4. The lowest BCUT2D eigenvalue weighted by Crippen LogP contribution is -2.41. The van der Waals surface area contributed by atoms with Crippen molar-refractivity contribution < 1.29 is 14.6 Å². The van der Waals surface area contributed by atoms with Crippen LogP contribution < -0.4 is 5.32 Å². The van der Waals surface area contributed by atoms with Crippen molar-refractivity contribution in [3.63, 3.8) is 0 Å². The zero-order valence-corrected chi connectivity index (χ0v) is 14.1. The van der Waals surface area contributed by atoms with Crippen LogP contribution in [0.15, 0.2) is 0 Å². The summed E-state index contributed by atoms with van der Waals surface area (Å²) in [6, 6.07) is 0. The molecule has 0 rings (SSSR count). The summed E-state index contributed by atoms with van der Waals surface area (Å²) in [6.45, 7) is 12.9. The molecule has 1 unspecified atom stereocenters. The molecule has 120 valence electrons. The molecule has 1 atom stereocenters. The Kier molecular flexibility index (Phi) is 7.52. The van der Waals surface area contributed by atoms with Crippen LogP contribution in [-0.2, 0) is 4.74 Å². The summed E-state index contributed by atoms with van der Waals surface area (Å²) in [5.41, 5.74) is -0.463. The molecule has 20 heavy (non-hydrogen) atoms. The number of aliphatic hydroxyl groups excluding tert-OH is 1. The van der Waals surface area contributed by atoms with Gasteiger partial charge in [0.1, 0.15) is 5.60 Å². The van der Waals surface area contributed by atoms with Gasteiger partial charge in [0, 0.05) is 25.7 Å². The molecule has 0 aromatic rings. The lowest BCUT2D eigenvalue weighted by atomic mass is 10.1. The SMILES string of the molecule is CN(CCCC(O)CNC(C)(C)C)C(=O)OC(C)(C)C.